The minimum absolute atomic E-state index is 0.702. The highest BCUT2D eigenvalue weighted by molar-refractivity contribution is 9.10. The Balaban J connectivity index is 1.91. The Morgan fingerprint density at radius 3 is 2.62 bits per heavy atom. The van der Waals surface area contributed by atoms with E-state index in [1.54, 1.807) is 11.3 Å². The lowest BCUT2D eigenvalue weighted by molar-refractivity contribution is 1.35. The van der Waals surface area contributed by atoms with Gasteiger partial charge in [0, 0.05) is 19.9 Å². The second kappa shape index (κ2) is 6.18. The van der Waals surface area contributed by atoms with Gasteiger partial charge in [-0.15, -0.1) is 11.3 Å². The number of aromatic nitrogens is 1. The zero-order valence-electron chi connectivity index (χ0n) is 11.2. The van der Waals surface area contributed by atoms with Crippen LogP contribution in [0.2, 0.25) is 5.02 Å². The molecule has 0 aliphatic carbocycles. The molecule has 0 spiro atoms. The molecule has 2 aromatic carbocycles. The number of anilines is 2. The number of aryl methyl sites for hydroxylation is 1. The number of benzene rings is 2. The van der Waals surface area contributed by atoms with Crippen LogP contribution in [0, 0.1) is 6.92 Å². The molecule has 106 valence electrons. The van der Waals surface area contributed by atoms with Gasteiger partial charge in [-0.2, -0.15) is 0 Å². The van der Waals surface area contributed by atoms with E-state index in [2.05, 4.69) is 40.3 Å². The highest BCUT2D eigenvalue weighted by Crippen LogP contribution is 2.34. The van der Waals surface area contributed by atoms with Crippen LogP contribution in [-0.2, 0) is 0 Å². The summed E-state index contributed by atoms with van der Waals surface area (Å²) in [5.74, 6) is 0. The van der Waals surface area contributed by atoms with Gasteiger partial charge in [0.05, 0.1) is 11.4 Å². The van der Waals surface area contributed by atoms with Crippen LogP contribution in [0.25, 0.3) is 11.3 Å². The van der Waals surface area contributed by atoms with E-state index >= 15 is 0 Å². The van der Waals surface area contributed by atoms with E-state index in [-0.39, 0.29) is 0 Å². The summed E-state index contributed by atoms with van der Waals surface area (Å²) in [6.07, 6.45) is 0. The highest BCUT2D eigenvalue weighted by atomic mass is 79.9. The second-order valence-corrected chi connectivity index (χ2v) is 7.03. The summed E-state index contributed by atoms with van der Waals surface area (Å²) in [6.45, 7) is 2.09. The van der Waals surface area contributed by atoms with Crippen LogP contribution in [0.3, 0.4) is 0 Å². The molecule has 0 atom stereocenters. The first-order valence-corrected chi connectivity index (χ1v) is 8.37. The smallest absolute Gasteiger partial charge is 0.188 e. The Morgan fingerprint density at radius 2 is 1.90 bits per heavy atom. The van der Waals surface area contributed by atoms with Crippen LogP contribution in [0.15, 0.2) is 53.0 Å². The van der Waals surface area contributed by atoms with E-state index in [9.17, 15) is 0 Å². The molecular weight excluding hydrogens is 368 g/mol. The van der Waals surface area contributed by atoms with Gasteiger partial charge in [-0.1, -0.05) is 41.9 Å². The van der Waals surface area contributed by atoms with Crippen molar-refractivity contribution in [1.29, 1.82) is 0 Å². The molecule has 0 aliphatic heterocycles. The molecule has 0 aliphatic rings. The summed E-state index contributed by atoms with van der Waals surface area (Å²) >= 11 is 11.1. The van der Waals surface area contributed by atoms with Gasteiger partial charge in [-0.25, -0.2) is 4.98 Å². The van der Waals surface area contributed by atoms with Gasteiger partial charge in [0.1, 0.15) is 0 Å². The van der Waals surface area contributed by atoms with Crippen molar-refractivity contribution in [2.45, 2.75) is 6.92 Å². The van der Waals surface area contributed by atoms with Gasteiger partial charge in [0.2, 0.25) is 0 Å². The largest absolute Gasteiger partial charge is 0.331 e. The van der Waals surface area contributed by atoms with E-state index in [4.69, 9.17) is 16.6 Å². The van der Waals surface area contributed by atoms with Gasteiger partial charge < -0.3 is 5.32 Å². The molecule has 0 amide bonds. The number of hydrogen-bond acceptors (Lipinski definition) is 3. The third-order valence-electron chi connectivity index (χ3n) is 3.02. The van der Waals surface area contributed by atoms with E-state index in [0.29, 0.717) is 5.02 Å². The highest BCUT2D eigenvalue weighted by Gasteiger charge is 2.10. The average Bonchev–Trinajstić information content (AvgIpc) is 2.84. The Kier molecular flexibility index (Phi) is 4.29. The van der Waals surface area contributed by atoms with Crippen LogP contribution >= 0.6 is 38.9 Å². The lowest BCUT2D eigenvalue weighted by Gasteiger charge is -2.05. The summed E-state index contributed by atoms with van der Waals surface area (Å²) in [7, 11) is 0. The first kappa shape index (κ1) is 14.6. The van der Waals surface area contributed by atoms with Crippen molar-refractivity contribution < 1.29 is 0 Å². The first-order valence-electron chi connectivity index (χ1n) is 6.38. The summed E-state index contributed by atoms with van der Waals surface area (Å²) in [4.78, 5) is 5.88. The molecule has 0 saturated heterocycles. The predicted octanol–water partition coefficient (Wildman–Crippen LogP) is 6.28. The Hall–Kier alpha value is -1.36. The third kappa shape index (κ3) is 3.28. The van der Waals surface area contributed by atoms with Gasteiger partial charge in [-0.3, -0.25) is 0 Å². The summed E-state index contributed by atoms with van der Waals surface area (Å²) in [5, 5.41) is 4.90. The minimum atomic E-state index is 0.702. The van der Waals surface area contributed by atoms with E-state index in [1.807, 2.05) is 36.4 Å². The topological polar surface area (TPSA) is 24.9 Å². The molecule has 1 aromatic heterocycles. The molecule has 0 bridgehead atoms. The molecule has 0 unspecified atom stereocenters. The number of rotatable bonds is 3. The first-order chi connectivity index (χ1) is 10.1. The number of thiazole rings is 1. The molecule has 0 radical (unpaired) electrons. The second-order valence-electron chi connectivity index (χ2n) is 4.54. The Bertz CT molecular complexity index is 771. The number of nitrogens with one attached hydrogen (secondary N) is 1. The Labute approximate surface area is 140 Å². The van der Waals surface area contributed by atoms with Crippen molar-refractivity contribution >= 4 is 49.7 Å². The minimum Gasteiger partial charge on any atom is -0.331 e. The molecule has 3 aromatic rings. The SMILES string of the molecule is Cc1sc(Nc2ccc(Cl)cc2Br)nc1-c1ccccc1. The Morgan fingerprint density at radius 1 is 1.14 bits per heavy atom. The maximum absolute atomic E-state index is 5.96. The lowest BCUT2D eigenvalue weighted by Crippen LogP contribution is -1.90. The van der Waals surface area contributed by atoms with Crippen LogP contribution < -0.4 is 5.32 Å². The van der Waals surface area contributed by atoms with Gasteiger partial charge >= 0.3 is 0 Å². The number of hydrogen-bond donors (Lipinski definition) is 1. The normalized spacial score (nSPS) is 10.6. The molecule has 0 saturated carbocycles. The lowest BCUT2D eigenvalue weighted by atomic mass is 10.1. The number of nitrogens with zero attached hydrogens (tertiary/aromatic N) is 1. The van der Waals surface area contributed by atoms with Crippen molar-refractivity contribution in [3.63, 3.8) is 0 Å². The van der Waals surface area contributed by atoms with Crippen molar-refractivity contribution in [2.75, 3.05) is 5.32 Å². The molecule has 5 heteroatoms. The van der Waals surface area contributed by atoms with Gasteiger partial charge in [0.15, 0.2) is 5.13 Å². The molecule has 1 N–H and O–H groups in total. The fourth-order valence-electron chi connectivity index (χ4n) is 2.02. The predicted molar refractivity (Wildman–Crippen MR) is 94.7 cm³/mol. The van der Waals surface area contributed by atoms with Crippen molar-refractivity contribution in [3.8, 4) is 11.3 Å². The van der Waals surface area contributed by atoms with Crippen LogP contribution in [0.1, 0.15) is 4.88 Å². The molecule has 3 rings (SSSR count). The maximum Gasteiger partial charge on any atom is 0.188 e. The molecule has 0 fully saturated rings. The fourth-order valence-corrected chi connectivity index (χ4v) is 3.65. The van der Waals surface area contributed by atoms with Crippen molar-refractivity contribution in [2.24, 2.45) is 0 Å². The zero-order valence-corrected chi connectivity index (χ0v) is 14.4. The standard InChI is InChI=1S/C16H12BrClN2S/c1-10-15(11-5-3-2-4-6-11)20-16(21-10)19-14-8-7-12(18)9-13(14)17/h2-9H,1H3,(H,19,20). The fraction of sp³-hybridized carbons (Fsp3) is 0.0625. The molecule has 1 heterocycles. The van der Waals surface area contributed by atoms with E-state index in [1.165, 1.54) is 4.88 Å². The van der Waals surface area contributed by atoms with Crippen molar-refractivity contribution in [1.82, 2.24) is 4.98 Å². The van der Waals surface area contributed by atoms with E-state index in [0.717, 1.165) is 26.5 Å². The molecular formula is C16H12BrClN2S. The summed E-state index contributed by atoms with van der Waals surface area (Å²) < 4.78 is 0.920. The van der Waals surface area contributed by atoms with Gasteiger partial charge in [0.25, 0.3) is 0 Å². The maximum atomic E-state index is 5.96. The van der Waals surface area contributed by atoms with Crippen LogP contribution in [0.5, 0.6) is 0 Å². The zero-order chi connectivity index (χ0) is 14.8. The quantitative estimate of drug-likeness (QED) is 0.579. The van der Waals surface area contributed by atoms with Crippen molar-refractivity contribution in [3.05, 3.63) is 62.9 Å². The monoisotopic (exact) mass is 378 g/mol. The summed E-state index contributed by atoms with van der Waals surface area (Å²) in [6, 6.07) is 15.9. The van der Waals surface area contributed by atoms with E-state index < -0.39 is 0 Å². The molecule has 2 nitrogen and oxygen atoms in total. The third-order valence-corrected chi connectivity index (χ3v) is 4.79. The van der Waals surface area contributed by atoms with Crippen LogP contribution in [0.4, 0.5) is 10.8 Å². The number of halogens is 2. The van der Waals surface area contributed by atoms with Gasteiger partial charge in [-0.05, 0) is 41.1 Å². The summed E-state index contributed by atoms with van der Waals surface area (Å²) in [5.41, 5.74) is 3.11. The molecule has 21 heavy (non-hydrogen) atoms. The van der Waals surface area contributed by atoms with Crippen LogP contribution in [-0.4, -0.2) is 4.98 Å². The average molecular weight is 380 g/mol.